The van der Waals surface area contributed by atoms with E-state index in [0.717, 1.165) is 13.0 Å². The highest BCUT2D eigenvalue weighted by atomic mass is 16.3. The Morgan fingerprint density at radius 1 is 1.06 bits per heavy atom. The fourth-order valence-corrected chi connectivity index (χ4v) is 2.15. The number of nitrogens with one attached hydrogen (secondary N) is 1. The van der Waals surface area contributed by atoms with E-state index in [1.807, 2.05) is 0 Å². The molecule has 2 aromatic rings. The largest absolute Gasteiger partial charge is 0.396 e. The van der Waals surface area contributed by atoms with E-state index in [9.17, 15) is 0 Å². The molecular formula is C16H21NO. The first-order valence-corrected chi connectivity index (χ1v) is 6.45. The van der Waals surface area contributed by atoms with Gasteiger partial charge < -0.3 is 10.4 Å². The van der Waals surface area contributed by atoms with Crippen molar-refractivity contribution < 1.29 is 5.11 Å². The van der Waals surface area contributed by atoms with Crippen LogP contribution in [0.25, 0.3) is 10.8 Å². The Morgan fingerprint density at radius 3 is 2.56 bits per heavy atom. The molecule has 2 heteroatoms. The third-order valence-corrected chi connectivity index (χ3v) is 3.37. The van der Waals surface area contributed by atoms with Crippen LogP contribution in [0.15, 0.2) is 42.5 Å². The number of aliphatic hydroxyl groups is 1. The molecule has 96 valence electrons. The first kappa shape index (κ1) is 13.1. The van der Waals surface area contributed by atoms with E-state index >= 15 is 0 Å². The minimum atomic E-state index is -0.0360. The summed E-state index contributed by atoms with van der Waals surface area (Å²) in [5, 5.41) is 15.1. The summed E-state index contributed by atoms with van der Waals surface area (Å²) in [5.74, 6) is 0. The average molecular weight is 243 g/mol. The maximum absolute atomic E-state index is 9.03. The smallest absolute Gasteiger partial charge is 0.0448 e. The number of hydrogen-bond donors (Lipinski definition) is 2. The van der Waals surface area contributed by atoms with Gasteiger partial charge in [-0.25, -0.2) is 0 Å². The number of rotatable bonds is 5. The summed E-state index contributed by atoms with van der Waals surface area (Å²) in [6.45, 7) is 5.28. The number of benzene rings is 2. The predicted molar refractivity (Wildman–Crippen MR) is 76.6 cm³/mol. The van der Waals surface area contributed by atoms with Crippen LogP contribution >= 0.6 is 0 Å². The highest BCUT2D eigenvalue weighted by Crippen LogP contribution is 2.19. The van der Waals surface area contributed by atoms with Crippen molar-refractivity contribution in [2.24, 2.45) is 0 Å². The van der Waals surface area contributed by atoms with Crippen molar-refractivity contribution >= 4 is 10.8 Å². The Hall–Kier alpha value is -1.38. The monoisotopic (exact) mass is 243 g/mol. The molecule has 0 amide bonds. The molecule has 0 spiro atoms. The molecule has 0 saturated carbocycles. The molecular weight excluding hydrogens is 222 g/mol. The third kappa shape index (κ3) is 3.09. The molecule has 0 bridgehead atoms. The van der Waals surface area contributed by atoms with E-state index in [0.29, 0.717) is 0 Å². The summed E-state index contributed by atoms with van der Waals surface area (Å²) in [6.07, 6.45) is 0.762. The second-order valence-corrected chi connectivity index (χ2v) is 5.35. The Balaban J connectivity index is 2.17. The molecule has 0 heterocycles. The number of aliphatic hydroxyl groups excluding tert-OH is 1. The van der Waals surface area contributed by atoms with Crippen LogP contribution < -0.4 is 5.32 Å². The second kappa shape index (κ2) is 5.51. The molecule has 2 nitrogen and oxygen atoms in total. The molecule has 0 unspecified atom stereocenters. The fraction of sp³-hybridized carbons (Fsp3) is 0.375. The maximum atomic E-state index is 9.03. The molecule has 18 heavy (non-hydrogen) atoms. The van der Waals surface area contributed by atoms with Crippen molar-refractivity contribution in [1.29, 1.82) is 0 Å². The molecule has 2 N–H and O–H groups in total. The van der Waals surface area contributed by atoms with Crippen molar-refractivity contribution in [3.8, 4) is 0 Å². The normalized spacial score (nSPS) is 11.9. The van der Waals surface area contributed by atoms with E-state index in [4.69, 9.17) is 5.11 Å². The molecule has 0 fully saturated rings. The van der Waals surface area contributed by atoms with Gasteiger partial charge in [0.25, 0.3) is 0 Å². The van der Waals surface area contributed by atoms with E-state index in [2.05, 4.69) is 61.6 Å². The quantitative estimate of drug-likeness (QED) is 0.845. The molecule has 0 atom stereocenters. The van der Waals surface area contributed by atoms with Crippen molar-refractivity contribution in [3.63, 3.8) is 0 Å². The topological polar surface area (TPSA) is 32.3 Å². The lowest BCUT2D eigenvalue weighted by Crippen LogP contribution is -2.39. The second-order valence-electron chi connectivity index (χ2n) is 5.35. The highest BCUT2D eigenvalue weighted by Gasteiger charge is 2.16. The van der Waals surface area contributed by atoms with Crippen LogP contribution in [-0.4, -0.2) is 17.3 Å². The van der Waals surface area contributed by atoms with Gasteiger partial charge in [0.05, 0.1) is 0 Å². The van der Waals surface area contributed by atoms with Crippen LogP contribution in [0.5, 0.6) is 0 Å². The molecule has 0 saturated heterocycles. The van der Waals surface area contributed by atoms with Gasteiger partial charge in [0, 0.05) is 18.7 Å². The Labute approximate surface area is 109 Å². The lowest BCUT2D eigenvalue weighted by atomic mass is 9.99. The molecule has 0 aliphatic carbocycles. The van der Waals surface area contributed by atoms with Gasteiger partial charge in [-0.05, 0) is 36.6 Å². The van der Waals surface area contributed by atoms with Crippen molar-refractivity contribution in [3.05, 3.63) is 48.0 Å². The third-order valence-electron chi connectivity index (χ3n) is 3.37. The zero-order valence-corrected chi connectivity index (χ0v) is 11.1. The van der Waals surface area contributed by atoms with Crippen molar-refractivity contribution in [2.45, 2.75) is 32.4 Å². The first-order valence-electron chi connectivity index (χ1n) is 6.45. The van der Waals surface area contributed by atoms with E-state index in [1.54, 1.807) is 0 Å². The summed E-state index contributed by atoms with van der Waals surface area (Å²) in [5.41, 5.74) is 1.27. The Morgan fingerprint density at radius 2 is 1.78 bits per heavy atom. The van der Waals surface area contributed by atoms with Gasteiger partial charge in [-0.3, -0.25) is 0 Å². The lowest BCUT2D eigenvalue weighted by Gasteiger charge is -2.25. The van der Waals surface area contributed by atoms with Gasteiger partial charge in [-0.15, -0.1) is 0 Å². The molecule has 0 aromatic heterocycles. The van der Waals surface area contributed by atoms with Crippen molar-refractivity contribution in [2.75, 3.05) is 6.61 Å². The van der Waals surface area contributed by atoms with Crippen LogP contribution in [0.1, 0.15) is 25.8 Å². The standard InChI is InChI=1S/C16H21NO/c1-16(2,10-11-18)17-12-14-8-5-7-13-6-3-4-9-15(13)14/h3-9,17-18H,10-12H2,1-2H3. The summed E-state index contributed by atoms with van der Waals surface area (Å²) in [6, 6.07) is 14.8. The maximum Gasteiger partial charge on any atom is 0.0448 e. The minimum absolute atomic E-state index is 0.0360. The van der Waals surface area contributed by atoms with E-state index < -0.39 is 0 Å². The van der Waals surface area contributed by atoms with Gasteiger partial charge in [0.1, 0.15) is 0 Å². The summed E-state index contributed by atoms with van der Waals surface area (Å²) in [4.78, 5) is 0. The molecule has 2 aromatic carbocycles. The van der Waals surface area contributed by atoms with Crippen LogP contribution in [0, 0.1) is 0 Å². The number of fused-ring (bicyclic) bond motifs is 1. The Kier molecular flexibility index (Phi) is 4.00. The van der Waals surface area contributed by atoms with Gasteiger partial charge in [0.2, 0.25) is 0 Å². The van der Waals surface area contributed by atoms with Gasteiger partial charge in [-0.2, -0.15) is 0 Å². The summed E-state index contributed by atoms with van der Waals surface area (Å²) >= 11 is 0. The van der Waals surface area contributed by atoms with Crippen LogP contribution in [-0.2, 0) is 6.54 Å². The van der Waals surface area contributed by atoms with Crippen LogP contribution in [0.4, 0.5) is 0 Å². The first-order chi connectivity index (χ1) is 8.62. The van der Waals surface area contributed by atoms with Gasteiger partial charge >= 0.3 is 0 Å². The van der Waals surface area contributed by atoms with Crippen LogP contribution in [0.2, 0.25) is 0 Å². The van der Waals surface area contributed by atoms with E-state index in [1.165, 1.54) is 16.3 Å². The molecule has 0 aliphatic heterocycles. The van der Waals surface area contributed by atoms with Crippen molar-refractivity contribution in [1.82, 2.24) is 5.32 Å². The molecule has 2 rings (SSSR count). The highest BCUT2D eigenvalue weighted by molar-refractivity contribution is 5.85. The van der Waals surface area contributed by atoms with E-state index in [-0.39, 0.29) is 12.1 Å². The zero-order valence-electron chi connectivity index (χ0n) is 11.1. The average Bonchev–Trinajstić information content (AvgIpc) is 2.36. The number of hydrogen-bond acceptors (Lipinski definition) is 2. The van der Waals surface area contributed by atoms with Crippen LogP contribution in [0.3, 0.4) is 0 Å². The van der Waals surface area contributed by atoms with Gasteiger partial charge in [0.15, 0.2) is 0 Å². The fourth-order valence-electron chi connectivity index (χ4n) is 2.15. The summed E-state index contributed by atoms with van der Waals surface area (Å²) < 4.78 is 0. The minimum Gasteiger partial charge on any atom is -0.396 e. The Bertz CT molecular complexity index is 514. The summed E-state index contributed by atoms with van der Waals surface area (Å²) in [7, 11) is 0. The predicted octanol–water partition coefficient (Wildman–Crippen LogP) is 3.09. The molecule has 0 radical (unpaired) electrons. The SMILES string of the molecule is CC(C)(CCO)NCc1cccc2ccccc12. The lowest BCUT2D eigenvalue weighted by molar-refractivity contribution is 0.230. The zero-order chi connectivity index (χ0) is 13.0. The molecule has 0 aliphatic rings. The van der Waals surface area contributed by atoms with Gasteiger partial charge in [-0.1, -0.05) is 42.5 Å².